The normalized spacial score (nSPS) is 20.1. The van der Waals surface area contributed by atoms with E-state index in [4.69, 9.17) is 5.11 Å². The lowest BCUT2D eigenvalue weighted by molar-refractivity contribution is 0.272. The molecule has 1 saturated heterocycles. The van der Waals surface area contributed by atoms with E-state index in [1.54, 1.807) is 0 Å². The van der Waals surface area contributed by atoms with Gasteiger partial charge in [-0.15, -0.1) is 5.10 Å². The van der Waals surface area contributed by atoms with Crippen molar-refractivity contribution in [2.45, 2.75) is 44.2 Å². The molecule has 1 aliphatic carbocycles. The first-order chi connectivity index (χ1) is 10.3. The highest BCUT2D eigenvalue weighted by Crippen LogP contribution is 2.41. The second-order valence-electron chi connectivity index (χ2n) is 5.93. The lowest BCUT2D eigenvalue weighted by atomic mass is 10.0. The highest BCUT2D eigenvalue weighted by Gasteiger charge is 2.31. The van der Waals surface area contributed by atoms with Gasteiger partial charge in [-0.3, -0.25) is 9.78 Å². The van der Waals surface area contributed by atoms with Gasteiger partial charge in [-0.1, -0.05) is 0 Å². The molecule has 3 heterocycles. The van der Waals surface area contributed by atoms with Crippen LogP contribution in [-0.2, 0) is 6.61 Å². The topological polar surface area (TPSA) is 82.9 Å². The van der Waals surface area contributed by atoms with Crippen LogP contribution in [0, 0.1) is 0 Å². The minimum absolute atomic E-state index is 0.0957. The number of aliphatic hydroxyl groups is 1. The number of aliphatic hydroxyl groups excluding tert-OH is 1. The molecule has 0 bridgehead atoms. The third-order valence-corrected chi connectivity index (χ3v) is 4.46. The van der Waals surface area contributed by atoms with Crippen molar-refractivity contribution in [1.29, 1.82) is 0 Å². The molecule has 2 N–H and O–H groups in total. The number of anilines is 1. The van der Waals surface area contributed by atoms with Gasteiger partial charge in [0.05, 0.1) is 6.04 Å². The molecule has 1 saturated carbocycles. The van der Waals surface area contributed by atoms with Crippen LogP contribution in [-0.4, -0.2) is 43.2 Å². The largest absolute Gasteiger partial charge is 0.388 e. The molecule has 2 aliphatic rings. The van der Waals surface area contributed by atoms with Gasteiger partial charge in [0.2, 0.25) is 5.95 Å². The smallest absolute Gasteiger partial charge is 0.244 e. The Balaban J connectivity index is 1.43. The average Bonchev–Trinajstić information content (AvgIpc) is 3.07. The molecular weight excluding hydrogens is 268 g/mol. The van der Waals surface area contributed by atoms with E-state index in [9.17, 15) is 0 Å². The number of hydrogen-bond acceptors (Lipinski definition) is 5. The minimum atomic E-state index is -0.0957. The summed E-state index contributed by atoms with van der Waals surface area (Å²) >= 11 is 0. The third kappa shape index (κ3) is 2.42. The van der Waals surface area contributed by atoms with Crippen LogP contribution in [0.25, 0.3) is 0 Å². The molecule has 0 aromatic carbocycles. The summed E-state index contributed by atoms with van der Waals surface area (Å²) in [5.74, 6) is 1.96. The van der Waals surface area contributed by atoms with Gasteiger partial charge in [0.1, 0.15) is 6.61 Å². The fraction of sp³-hybridized carbons (Fsp3) is 0.643. The number of nitrogens with zero attached hydrogens (tertiary/aromatic N) is 5. The number of nitrogens with one attached hydrogen (secondary N) is 1. The molecule has 112 valence electrons. The lowest BCUT2D eigenvalue weighted by Crippen LogP contribution is -2.36. The molecule has 4 rings (SSSR count). The lowest BCUT2D eigenvalue weighted by Gasteiger charge is -2.32. The molecule has 2 fully saturated rings. The number of aromatic amines is 1. The second-order valence-corrected chi connectivity index (χ2v) is 5.93. The van der Waals surface area contributed by atoms with Crippen LogP contribution < -0.4 is 4.90 Å². The van der Waals surface area contributed by atoms with Gasteiger partial charge < -0.3 is 10.0 Å². The number of rotatable bonds is 4. The Bertz CT molecular complexity index is 609. The molecule has 0 amide bonds. The summed E-state index contributed by atoms with van der Waals surface area (Å²) in [7, 11) is 0. The summed E-state index contributed by atoms with van der Waals surface area (Å²) in [5.41, 5.74) is 1.41. The Morgan fingerprint density at radius 1 is 1.24 bits per heavy atom. The summed E-state index contributed by atoms with van der Waals surface area (Å²) in [6.45, 7) is 1.76. The molecule has 0 unspecified atom stereocenters. The van der Waals surface area contributed by atoms with Crippen LogP contribution in [0.4, 0.5) is 5.95 Å². The number of H-pyrrole nitrogens is 1. The van der Waals surface area contributed by atoms with Crippen molar-refractivity contribution in [3.8, 4) is 0 Å². The summed E-state index contributed by atoms with van der Waals surface area (Å²) < 4.78 is 2.24. The van der Waals surface area contributed by atoms with Crippen molar-refractivity contribution < 1.29 is 5.11 Å². The van der Waals surface area contributed by atoms with Crippen molar-refractivity contribution in [1.82, 2.24) is 25.0 Å². The van der Waals surface area contributed by atoms with E-state index in [1.165, 1.54) is 18.5 Å². The van der Waals surface area contributed by atoms with Gasteiger partial charge >= 0.3 is 0 Å². The average molecular weight is 288 g/mol. The predicted molar refractivity (Wildman–Crippen MR) is 77.0 cm³/mol. The van der Waals surface area contributed by atoms with Crippen molar-refractivity contribution in [3.63, 3.8) is 0 Å². The molecule has 7 heteroatoms. The molecule has 21 heavy (non-hydrogen) atoms. The van der Waals surface area contributed by atoms with Gasteiger partial charge in [-0.2, -0.15) is 10.1 Å². The zero-order valence-corrected chi connectivity index (χ0v) is 11.9. The Kier molecular flexibility index (Phi) is 3.14. The van der Waals surface area contributed by atoms with E-state index >= 15 is 0 Å². The highest BCUT2D eigenvalue weighted by molar-refractivity contribution is 5.29. The van der Waals surface area contributed by atoms with Crippen LogP contribution >= 0.6 is 0 Å². The summed E-state index contributed by atoms with van der Waals surface area (Å²) in [5, 5.41) is 20.5. The maximum atomic E-state index is 9.04. The Morgan fingerprint density at radius 2 is 2.05 bits per heavy atom. The van der Waals surface area contributed by atoms with Crippen molar-refractivity contribution in [2.24, 2.45) is 0 Å². The Hall–Kier alpha value is -1.89. The maximum absolute atomic E-state index is 9.04. The van der Waals surface area contributed by atoms with E-state index in [1.807, 2.05) is 6.20 Å². The summed E-state index contributed by atoms with van der Waals surface area (Å²) in [6.07, 6.45) is 6.68. The van der Waals surface area contributed by atoms with Gasteiger partial charge in [-0.25, -0.2) is 0 Å². The Labute approximate surface area is 123 Å². The van der Waals surface area contributed by atoms with Crippen molar-refractivity contribution in [3.05, 3.63) is 23.8 Å². The van der Waals surface area contributed by atoms with E-state index < -0.39 is 0 Å². The zero-order valence-electron chi connectivity index (χ0n) is 11.9. The molecule has 1 aliphatic heterocycles. The fourth-order valence-corrected chi connectivity index (χ4v) is 3.14. The monoisotopic (exact) mass is 288 g/mol. The SMILES string of the molecule is OCc1nc(N2CCC(n3nccc3C3CC3)CC2)n[nH]1. The third-order valence-electron chi connectivity index (χ3n) is 4.46. The van der Waals surface area contributed by atoms with Gasteiger partial charge in [0.25, 0.3) is 0 Å². The molecule has 2 aromatic heterocycles. The van der Waals surface area contributed by atoms with Crippen LogP contribution in [0.1, 0.15) is 49.2 Å². The molecule has 0 atom stereocenters. The van der Waals surface area contributed by atoms with Crippen LogP contribution in [0.15, 0.2) is 12.3 Å². The molecule has 0 radical (unpaired) electrons. The first-order valence-corrected chi connectivity index (χ1v) is 7.65. The van der Waals surface area contributed by atoms with Gasteiger partial charge in [0, 0.05) is 30.9 Å². The van der Waals surface area contributed by atoms with Crippen LogP contribution in [0.5, 0.6) is 0 Å². The fourth-order valence-electron chi connectivity index (χ4n) is 3.14. The molecule has 2 aromatic rings. The second kappa shape index (κ2) is 5.14. The number of aromatic nitrogens is 5. The van der Waals surface area contributed by atoms with Crippen molar-refractivity contribution in [2.75, 3.05) is 18.0 Å². The quantitative estimate of drug-likeness (QED) is 0.883. The zero-order chi connectivity index (χ0) is 14.2. The van der Waals surface area contributed by atoms with Gasteiger partial charge in [0.15, 0.2) is 5.82 Å². The summed E-state index contributed by atoms with van der Waals surface area (Å²) in [6, 6.07) is 2.66. The molecular formula is C14H20N6O. The van der Waals surface area contributed by atoms with E-state index in [2.05, 4.69) is 35.9 Å². The first-order valence-electron chi connectivity index (χ1n) is 7.65. The van der Waals surface area contributed by atoms with E-state index in [-0.39, 0.29) is 6.61 Å². The first kappa shape index (κ1) is 12.8. The van der Waals surface area contributed by atoms with Gasteiger partial charge in [-0.05, 0) is 31.7 Å². The van der Waals surface area contributed by atoms with Crippen molar-refractivity contribution >= 4 is 5.95 Å². The number of piperidine rings is 1. The number of hydrogen-bond donors (Lipinski definition) is 2. The highest BCUT2D eigenvalue weighted by atomic mass is 16.3. The van der Waals surface area contributed by atoms with E-state index in [0.717, 1.165) is 31.8 Å². The Morgan fingerprint density at radius 3 is 2.71 bits per heavy atom. The van der Waals surface area contributed by atoms with Crippen LogP contribution in [0.2, 0.25) is 0 Å². The van der Waals surface area contributed by atoms with Crippen LogP contribution in [0.3, 0.4) is 0 Å². The molecule has 7 nitrogen and oxygen atoms in total. The standard InChI is InChI=1S/C14H20N6O/c21-9-13-16-14(18-17-13)19-7-4-11(5-8-19)20-12(3-6-15-20)10-1-2-10/h3,6,10-11,21H,1-2,4-5,7-9H2,(H,16,17,18). The van der Waals surface area contributed by atoms with E-state index in [0.29, 0.717) is 17.8 Å². The summed E-state index contributed by atoms with van der Waals surface area (Å²) in [4.78, 5) is 6.46. The maximum Gasteiger partial charge on any atom is 0.244 e. The predicted octanol–water partition coefficient (Wildman–Crippen LogP) is 1.21. The minimum Gasteiger partial charge on any atom is -0.388 e. The molecule has 0 spiro atoms.